The van der Waals surface area contributed by atoms with Gasteiger partial charge in [-0.05, 0) is 37.1 Å². The number of hydrogen-bond acceptors (Lipinski definition) is 5. The Balaban J connectivity index is 1.55. The molecule has 1 aromatic heterocycles. The van der Waals surface area contributed by atoms with E-state index < -0.39 is 0 Å². The van der Waals surface area contributed by atoms with Gasteiger partial charge < -0.3 is 15.5 Å². The summed E-state index contributed by atoms with van der Waals surface area (Å²) in [6.45, 7) is 3.05. The summed E-state index contributed by atoms with van der Waals surface area (Å²) in [5, 5.41) is 5.76. The van der Waals surface area contributed by atoms with E-state index in [1.165, 1.54) is 6.92 Å². The zero-order chi connectivity index (χ0) is 17.6. The number of amides is 2. The van der Waals surface area contributed by atoms with Crippen molar-refractivity contribution in [2.24, 2.45) is 0 Å². The number of aromatic nitrogens is 2. The summed E-state index contributed by atoms with van der Waals surface area (Å²) >= 11 is 0. The quantitative estimate of drug-likeness (QED) is 0.887. The molecule has 25 heavy (non-hydrogen) atoms. The highest BCUT2D eigenvalue weighted by molar-refractivity contribution is 5.96. The average Bonchev–Trinajstić information content (AvgIpc) is 2.63. The molecule has 0 unspecified atom stereocenters. The Bertz CT molecular complexity index is 742. The Morgan fingerprint density at radius 2 is 1.84 bits per heavy atom. The van der Waals surface area contributed by atoms with Crippen molar-refractivity contribution in [3.05, 3.63) is 48.3 Å². The van der Waals surface area contributed by atoms with Crippen LogP contribution in [-0.4, -0.2) is 40.9 Å². The Morgan fingerprint density at radius 3 is 2.52 bits per heavy atom. The Kier molecular flexibility index (Phi) is 5.23. The van der Waals surface area contributed by atoms with Gasteiger partial charge in [-0.25, -0.2) is 9.97 Å². The Labute approximate surface area is 146 Å². The molecule has 1 aliphatic heterocycles. The number of carbonyl (C=O) groups excluding carboxylic acids is 2. The van der Waals surface area contributed by atoms with Crippen LogP contribution in [0.25, 0.3) is 0 Å². The first-order chi connectivity index (χ1) is 12.1. The van der Waals surface area contributed by atoms with Crippen LogP contribution in [0.2, 0.25) is 0 Å². The van der Waals surface area contributed by atoms with Crippen LogP contribution in [0, 0.1) is 0 Å². The molecule has 0 radical (unpaired) electrons. The summed E-state index contributed by atoms with van der Waals surface area (Å²) in [5.74, 6) is 0.449. The third-order valence-corrected chi connectivity index (χ3v) is 4.11. The molecule has 2 N–H and O–H groups in total. The smallest absolute Gasteiger partial charge is 0.251 e. The lowest BCUT2D eigenvalue weighted by Gasteiger charge is -2.32. The third-order valence-electron chi connectivity index (χ3n) is 4.11. The maximum Gasteiger partial charge on any atom is 0.251 e. The van der Waals surface area contributed by atoms with Crippen LogP contribution in [0.5, 0.6) is 0 Å². The summed E-state index contributed by atoms with van der Waals surface area (Å²) < 4.78 is 0. The molecule has 2 amide bonds. The lowest BCUT2D eigenvalue weighted by atomic mass is 10.0. The van der Waals surface area contributed by atoms with Gasteiger partial charge in [-0.3, -0.25) is 9.59 Å². The average molecular weight is 339 g/mol. The predicted molar refractivity (Wildman–Crippen MR) is 95.5 cm³/mol. The monoisotopic (exact) mass is 339 g/mol. The van der Waals surface area contributed by atoms with E-state index in [1.54, 1.807) is 42.7 Å². The van der Waals surface area contributed by atoms with E-state index in [9.17, 15) is 9.59 Å². The second-order valence-electron chi connectivity index (χ2n) is 6.05. The Hall–Kier alpha value is -2.96. The standard InChI is InChI=1S/C18H21N5O2/c1-13(24)21-16-5-2-4-14(12-16)17(25)22-15-6-10-23(11-7-15)18-19-8-3-9-20-18/h2-5,8-9,12,15H,6-7,10-11H2,1H3,(H,21,24)(H,22,25). The fourth-order valence-electron chi connectivity index (χ4n) is 2.89. The van der Waals surface area contributed by atoms with Crippen molar-refractivity contribution in [2.75, 3.05) is 23.3 Å². The highest BCUT2D eigenvalue weighted by Gasteiger charge is 2.22. The molecule has 2 heterocycles. The summed E-state index contributed by atoms with van der Waals surface area (Å²) in [6, 6.07) is 8.87. The molecule has 0 saturated carbocycles. The van der Waals surface area contributed by atoms with Gasteiger partial charge in [0.25, 0.3) is 5.91 Å². The molecule has 0 spiro atoms. The van der Waals surface area contributed by atoms with Crippen molar-refractivity contribution < 1.29 is 9.59 Å². The van der Waals surface area contributed by atoms with E-state index in [-0.39, 0.29) is 17.9 Å². The molecule has 130 valence electrons. The zero-order valence-electron chi connectivity index (χ0n) is 14.1. The number of rotatable bonds is 4. The van der Waals surface area contributed by atoms with E-state index in [4.69, 9.17) is 0 Å². The van der Waals surface area contributed by atoms with Gasteiger partial charge in [0, 0.05) is 49.7 Å². The van der Waals surface area contributed by atoms with E-state index in [0.29, 0.717) is 11.3 Å². The van der Waals surface area contributed by atoms with E-state index in [2.05, 4.69) is 25.5 Å². The summed E-state index contributed by atoms with van der Waals surface area (Å²) in [5.41, 5.74) is 1.16. The van der Waals surface area contributed by atoms with Crippen molar-refractivity contribution in [2.45, 2.75) is 25.8 Å². The number of nitrogens with one attached hydrogen (secondary N) is 2. The van der Waals surface area contributed by atoms with Gasteiger partial charge in [-0.15, -0.1) is 0 Å². The van der Waals surface area contributed by atoms with Crippen LogP contribution in [0.4, 0.5) is 11.6 Å². The number of anilines is 2. The van der Waals surface area contributed by atoms with Gasteiger partial charge in [0.15, 0.2) is 0 Å². The molecule has 1 fully saturated rings. The molecule has 1 aliphatic rings. The highest BCUT2D eigenvalue weighted by atomic mass is 16.2. The molecule has 7 heteroatoms. The first-order valence-electron chi connectivity index (χ1n) is 8.32. The zero-order valence-corrected chi connectivity index (χ0v) is 14.1. The minimum Gasteiger partial charge on any atom is -0.349 e. The molecule has 3 rings (SSSR count). The second kappa shape index (κ2) is 7.74. The third kappa shape index (κ3) is 4.53. The van der Waals surface area contributed by atoms with E-state index in [0.717, 1.165) is 31.9 Å². The summed E-state index contributed by atoms with van der Waals surface area (Å²) in [4.78, 5) is 34.2. The van der Waals surface area contributed by atoms with Gasteiger partial charge in [-0.1, -0.05) is 6.07 Å². The van der Waals surface area contributed by atoms with Gasteiger partial charge in [0.05, 0.1) is 0 Å². The Morgan fingerprint density at radius 1 is 1.12 bits per heavy atom. The van der Waals surface area contributed by atoms with Crippen molar-refractivity contribution in [3.63, 3.8) is 0 Å². The number of nitrogens with zero attached hydrogens (tertiary/aromatic N) is 3. The minimum atomic E-state index is -0.159. The molecule has 1 saturated heterocycles. The van der Waals surface area contributed by atoms with Crippen molar-refractivity contribution in [1.82, 2.24) is 15.3 Å². The topological polar surface area (TPSA) is 87.2 Å². The highest BCUT2D eigenvalue weighted by Crippen LogP contribution is 2.16. The molecule has 0 bridgehead atoms. The normalized spacial score (nSPS) is 14.8. The van der Waals surface area contributed by atoms with Crippen LogP contribution in [0.3, 0.4) is 0 Å². The fraction of sp³-hybridized carbons (Fsp3) is 0.333. The molecule has 0 atom stereocenters. The summed E-state index contributed by atoms with van der Waals surface area (Å²) in [6.07, 6.45) is 5.15. The fourth-order valence-corrected chi connectivity index (χ4v) is 2.89. The maximum atomic E-state index is 12.4. The molecular weight excluding hydrogens is 318 g/mol. The van der Waals surface area contributed by atoms with Crippen molar-refractivity contribution in [3.8, 4) is 0 Å². The van der Waals surface area contributed by atoms with Crippen LogP contribution in [0.15, 0.2) is 42.7 Å². The van der Waals surface area contributed by atoms with Gasteiger partial charge in [0.2, 0.25) is 11.9 Å². The molecule has 2 aromatic rings. The van der Waals surface area contributed by atoms with Crippen molar-refractivity contribution in [1.29, 1.82) is 0 Å². The lowest BCUT2D eigenvalue weighted by molar-refractivity contribution is -0.114. The van der Waals surface area contributed by atoms with Crippen LogP contribution in [0.1, 0.15) is 30.1 Å². The van der Waals surface area contributed by atoms with Gasteiger partial charge in [-0.2, -0.15) is 0 Å². The van der Waals surface area contributed by atoms with Crippen LogP contribution < -0.4 is 15.5 Å². The molecular formula is C18H21N5O2. The van der Waals surface area contributed by atoms with E-state index >= 15 is 0 Å². The molecule has 7 nitrogen and oxygen atoms in total. The largest absolute Gasteiger partial charge is 0.349 e. The lowest BCUT2D eigenvalue weighted by Crippen LogP contribution is -2.45. The van der Waals surface area contributed by atoms with Gasteiger partial charge >= 0.3 is 0 Å². The maximum absolute atomic E-state index is 12.4. The number of hydrogen-bond donors (Lipinski definition) is 2. The molecule has 0 aliphatic carbocycles. The first kappa shape index (κ1) is 16.9. The van der Waals surface area contributed by atoms with Crippen LogP contribution >= 0.6 is 0 Å². The predicted octanol–water partition coefficient (Wildman–Crippen LogP) is 1.83. The van der Waals surface area contributed by atoms with Crippen molar-refractivity contribution >= 4 is 23.5 Å². The molecule has 1 aromatic carbocycles. The summed E-state index contributed by atoms with van der Waals surface area (Å²) in [7, 11) is 0. The number of piperidine rings is 1. The van der Waals surface area contributed by atoms with Crippen LogP contribution in [-0.2, 0) is 4.79 Å². The first-order valence-corrected chi connectivity index (χ1v) is 8.32. The number of carbonyl (C=O) groups is 2. The minimum absolute atomic E-state index is 0.122. The number of benzene rings is 1. The van der Waals surface area contributed by atoms with E-state index in [1.807, 2.05) is 0 Å². The SMILES string of the molecule is CC(=O)Nc1cccc(C(=O)NC2CCN(c3ncccn3)CC2)c1. The van der Waals surface area contributed by atoms with Gasteiger partial charge in [0.1, 0.15) is 0 Å². The second-order valence-corrected chi connectivity index (χ2v) is 6.05.